The summed E-state index contributed by atoms with van der Waals surface area (Å²) in [7, 11) is 0. The predicted octanol–water partition coefficient (Wildman–Crippen LogP) is 0.780. The Morgan fingerprint density at radius 1 is 1.33 bits per heavy atom. The van der Waals surface area contributed by atoms with Crippen molar-refractivity contribution in [3.05, 3.63) is 36.0 Å². The monoisotopic (exact) mass is 257 g/mol. The molecule has 2 rings (SSSR count). The molecule has 9 heteroatoms. The first-order valence-corrected chi connectivity index (χ1v) is 4.62. The Labute approximate surface area is 98.3 Å². The second kappa shape index (κ2) is 4.09. The fourth-order valence-corrected chi connectivity index (χ4v) is 1.29. The van der Waals surface area contributed by atoms with Gasteiger partial charge < -0.3 is 5.73 Å². The van der Waals surface area contributed by atoms with Crippen LogP contribution in [0.2, 0.25) is 0 Å². The fourth-order valence-electron chi connectivity index (χ4n) is 1.29. The number of amides is 1. The number of hydrogen-bond donors (Lipinski definition) is 1. The van der Waals surface area contributed by atoms with E-state index in [-0.39, 0.29) is 11.4 Å². The molecule has 2 heterocycles. The zero-order valence-electron chi connectivity index (χ0n) is 8.72. The lowest BCUT2D eigenvalue weighted by Crippen LogP contribution is -2.19. The van der Waals surface area contributed by atoms with Gasteiger partial charge in [-0.1, -0.05) is 0 Å². The van der Waals surface area contributed by atoms with Gasteiger partial charge in [-0.2, -0.15) is 18.3 Å². The van der Waals surface area contributed by atoms with Gasteiger partial charge in [0, 0.05) is 0 Å². The molecule has 0 spiro atoms. The molecule has 0 fully saturated rings. The van der Waals surface area contributed by atoms with Crippen LogP contribution in [-0.2, 0) is 6.18 Å². The highest BCUT2D eigenvalue weighted by molar-refractivity contribution is 5.95. The van der Waals surface area contributed by atoms with Crippen molar-refractivity contribution in [2.75, 3.05) is 0 Å². The summed E-state index contributed by atoms with van der Waals surface area (Å²) in [5, 5.41) is 3.62. The molecular formula is C9H6F3N5O. The van der Waals surface area contributed by atoms with Gasteiger partial charge >= 0.3 is 6.18 Å². The number of carbonyl (C=O) groups is 1. The van der Waals surface area contributed by atoms with Crippen LogP contribution in [0.1, 0.15) is 16.1 Å². The molecule has 0 atom stereocenters. The number of primary amides is 1. The van der Waals surface area contributed by atoms with E-state index in [0.29, 0.717) is 6.07 Å². The van der Waals surface area contributed by atoms with Crippen LogP contribution in [-0.4, -0.2) is 25.7 Å². The van der Waals surface area contributed by atoms with Gasteiger partial charge in [0.15, 0.2) is 5.82 Å². The minimum Gasteiger partial charge on any atom is -0.365 e. The number of alkyl halides is 3. The average molecular weight is 257 g/mol. The lowest BCUT2D eigenvalue weighted by Gasteiger charge is -2.10. The number of nitrogens with two attached hydrogens (primary N) is 1. The number of pyridine rings is 1. The van der Waals surface area contributed by atoms with Crippen molar-refractivity contribution < 1.29 is 18.0 Å². The Balaban J connectivity index is 2.63. The van der Waals surface area contributed by atoms with Gasteiger partial charge in [-0.15, -0.1) is 0 Å². The van der Waals surface area contributed by atoms with Crippen molar-refractivity contribution in [2.24, 2.45) is 5.73 Å². The molecule has 0 aliphatic heterocycles. The molecule has 18 heavy (non-hydrogen) atoms. The predicted molar refractivity (Wildman–Crippen MR) is 52.7 cm³/mol. The number of hydrogen-bond acceptors (Lipinski definition) is 4. The van der Waals surface area contributed by atoms with Crippen LogP contribution < -0.4 is 5.73 Å². The van der Waals surface area contributed by atoms with Crippen LogP contribution in [0.3, 0.4) is 0 Å². The van der Waals surface area contributed by atoms with Gasteiger partial charge in [0.05, 0.1) is 5.56 Å². The zero-order chi connectivity index (χ0) is 13.3. The van der Waals surface area contributed by atoms with E-state index in [1.807, 2.05) is 0 Å². The van der Waals surface area contributed by atoms with Crippen LogP contribution in [0.15, 0.2) is 24.8 Å². The van der Waals surface area contributed by atoms with Gasteiger partial charge in [-0.05, 0) is 12.1 Å². The summed E-state index contributed by atoms with van der Waals surface area (Å²) in [6.07, 6.45) is -2.40. The molecule has 0 aliphatic carbocycles. The highest BCUT2D eigenvalue weighted by Gasteiger charge is 2.33. The standard InChI is InChI=1S/C9H6F3N5O/c10-9(11,12)6-2-1-5(7(13)18)8(16-6)17-4-14-3-15-17/h1-4H,(H2,13,18). The third-order valence-corrected chi connectivity index (χ3v) is 2.07. The second-order valence-electron chi connectivity index (χ2n) is 3.27. The molecule has 0 saturated heterocycles. The third kappa shape index (κ3) is 2.14. The molecule has 0 aromatic carbocycles. The molecule has 2 aromatic heterocycles. The SMILES string of the molecule is NC(=O)c1ccc(C(F)(F)F)nc1-n1cncn1. The van der Waals surface area contributed by atoms with Crippen molar-refractivity contribution in [3.8, 4) is 5.82 Å². The van der Waals surface area contributed by atoms with Gasteiger partial charge in [0.1, 0.15) is 18.3 Å². The van der Waals surface area contributed by atoms with E-state index >= 15 is 0 Å². The number of halogens is 3. The van der Waals surface area contributed by atoms with Crippen LogP contribution in [0.4, 0.5) is 13.2 Å². The van der Waals surface area contributed by atoms with Crippen LogP contribution >= 0.6 is 0 Å². The highest BCUT2D eigenvalue weighted by atomic mass is 19.4. The Morgan fingerprint density at radius 2 is 2.06 bits per heavy atom. The maximum absolute atomic E-state index is 12.5. The molecule has 1 amide bonds. The molecule has 94 valence electrons. The van der Waals surface area contributed by atoms with E-state index < -0.39 is 17.8 Å². The van der Waals surface area contributed by atoms with Crippen molar-refractivity contribution in [1.29, 1.82) is 0 Å². The maximum Gasteiger partial charge on any atom is 0.433 e. The molecular weight excluding hydrogens is 251 g/mol. The molecule has 0 unspecified atom stereocenters. The van der Waals surface area contributed by atoms with Crippen molar-refractivity contribution in [3.63, 3.8) is 0 Å². The van der Waals surface area contributed by atoms with Crippen molar-refractivity contribution in [1.82, 2.24) is 19.7 Å². The number of rotatable bonds is 2. The van der Waals surface area contributed by atoms with Crippen molar-refractivity contribution >= 4 is 5.91 Å². The average Bonchev–Trinajstić information content (AvgIpc) is 2.80. The lowest BCUT2D eigenvalue weighted by atomic mass is 10.2. The molecule has 0 saturated carbocycles. The molecule has 6 nitrogen and oxygen atoms in total. The molecule has 0 radical (unpaired) electrons. The van der Waals surface area contributed by atoms with E-state index in [0.717, 1.165) is 23.4 Å². The third-order valence-electron chi connectivity index (χ3n) is 2.07. The topological polar surface area (TPSA) is 86.7 Å². The lowest BCUT2D eigenvalue weighted by molar-refractivity contribution is -0.141. The normalized spacial score (nSPS) is 11.5. The summed E-state index contributed by atoms with van der Waals surface area (Å²) < 4.78 is 38.5. The zero-order valence-corrected chi connectivity index (χ0v) is 8.72. The summed E-state index contributed by atoms with van der Waals surface area (Å²) in [5.74, 6) is -1.21. The summed E-state index contributed by atoms with van der Waals surface area (Å²) in [6.45, 7) is 0. The first-order valence-electron chi connectivity index (χ1n) is 4.62. The first kappa shape index (κ1) is 12.0. The Hall–Kier alpha value is -2.45. The molecule has 0 bridgehead atoms. The quantitative estimate of drug-likeness (QED) is 0.861. The molecule has 2 N–H and O–H groups in total. The summed E-state index contributed by atoms with van der Waals surface area (Å²) in [6, 6.07) is 1.63. The first-order chi connectivity index (χ1) is 8.39. The number of aromatic nitrogens is 4. The van der Waals surface area contributed by atoms with E-state index in [4.69, 9.17) is 5.73 Å². The highest BCUT2D eigenvalue weighted by Crippen LogP contribution is 2.28. The van der Waals surface area contributed by atoms with Crippen molar-refractivity contribution in [2.45, 2.75) is 6.18 Å². The molecule has 0 aliphatic rings. The second-order valence-corrected chi connectivity index (χ2v) is 3.27. The van der Waals surface area contributed by atoms with Crippen LogP contribution in [0, 0.1) is 0 Å². The van der Waals surface area contributed by atoms with Gasteiger partial charge in [0.25, 0.3) is 5.91 Å². The van der Waals surface area contributed by atoms with Crippen LogP contribution in [0.25, 0.3) is 5.82 Å². The van der Waals surface area contributed by atoms with Crippen LogP contribution in [0.5, 0.6) is 0 Å². The summed E-state index contributed by atoms with van der Waals surface area (Å²) >= 11 is 0. The fraction of sp³-hybridized carbons (Fsp3) is 0.111. The van der Waals surface area contributed by atoms with Gasteiger partial charge in [0.2, 0.25) is 0 Å². The Kier molecular flexibility index (Phi) is 2.73. The van der Waals surface area contributed by atoms with E-state index in [1.165, 1.54) is 0 Å². The summed E-state index contributed by atoms with van der Waals surface area (Å²) in [4.78, 5) is 18.0. The summed E-state index contributed by atoms with van der Waals surface area (Å²) in [5.41, 5.74) is 3.74. The smallest absolute Gasteiger partial charge is 0.365 e. The van der Waals surface area contributed by atoms with E-state index in [2.05, 4.69) is 15.1 Å². The van der Waals surface area contributed by atoms with Gasteiger partial charge in [-0.3, -0.25) is 4.79 Å². The largest absolute Gasteiger partial charge is 0.433 e. The Morgan fingerprint density at radius 3 is 2.56 bits per heavy atom. The minimum absolute atomic E-state index is 0.173. The number of carbonyl (C=O) groups excluding carboxylic acids is 1. The number of nitrogens with zero attached hydrogens (tertiary/aromatic N) is 4. The minimum atomic E-state index is -4.62. The Bertz CT molecular complexity index is 578. The molecule has 2 aromatic rings. The van der Waals surface area contributed by atoms with Gasteiger partial charge in [-0.25, -0.2) is 14.6 Å². The van der Waals surface area contributed by atoms with E-state index in [1.54, 1.807) is 0 Å². The maximum atomic E-state index is 12.5. The van der Waals surface area contributed by atoms with E-state index in [9.17, 15) is 18.0 Å².